The van der Waals surface area contributed by atoms with E-state index in [9.17, 15) is 0 Å². The fourth-order valence-corrected chi connectivity index (χ4v) is 3.18. The summed E-state index contributed by atoms with van der Waals surface area (Å²) in [7, 11) is 1.97. The molecule has 0 heterocycles. The van der Waals surface area contributed by atoms with Crippen LogP contribution in [0.25, 0.3) is 0 Å². The minimum Gasteiger partial charge on any atom is -0.491 e. The predicted octanol–water partition coefficient (Wildman–Crippen LogP) is 4.49. The maximum Gasteiger partial charge on any atom is 0.125 e. The van der Waals surface area contributed by atoms with Gasteiger partial charge in [0.1, 0.15) is 19.0 Å². The first kappa shape index (κ1) is 28.3. The van der Waals surface area contributed by atoms with Crippen molar-refractivity contribution in [3.8, 4) is 18.1 Å². The highest BCUT2D eigenvalue weighted by molar-refractivity contribution is 5.56. The Labute approximate surface area is 195 Å². The predicted molar refractivity (Wildman–Crippen MR) is 131 cm³/mol. The number of aryl methyl sites for hydroxylation is 2. The Kier molecular flexibility index (Phi) is 17.5. The van der Waals surface area contributed by atoms with Crippen LogP contribution in [0.2, 0.25) is 0 Å². The zero-order valence-corrected chi connectivity index (χ0v) is 20.4. The van der Waals surface area contributed by atoms with E-state index < -0.39 is 0 Å². The Balaban J connectivity index is 2.30. The van der Waals surface area contributed by atoms with Crippen LogP contribution in [0.3, 0.4) is 0 Å². The van der Waals surface area contributed by atoms with Gasteiger partial charge >= 0.3 is 0 Å². The number of ether oxygens (including phenoxy) is 5. The second-order valence-electron chi connectivity index (χ2n) is 7.52. The Bertz CT molecular complexity index is 600. The van der Waals surface area contributed by atoms with Gasteiger partial charge in [0.25, 0.3) is 0 Å². The summed E-state index contributed by atoms with van der Waals surface area (Å²) in [6.07, 6.45) is 11.8. The van der Waals surface area contributed by atoms with Crippen LogP contribution < -0.4 is 10.1 Å². The number of hydrogen-bond donors (Lipinski definition) is 1. The highest BCUT2D eigenvalue weighted by Crippen LogP contribution is 2.31. The molecular formula is C26H43NO5. The van der Waals surface area contributed by atoms with Crippen LogP contribution in [-0.4, -0.2) is 66.5 Å². The van der Waals surface area contributed by atoms with E-state index in [0.717, 1.165) is 37.1 Å². The lowest BCUT2D eigenvalue weighted by atomic mass is 9.99. The number of terminal acetylenes is 1. The van der Waals surface area contributed by atoms with E-state index in [2.05, 4.69) is 37.2 Å². The molecule has 1 rings (SSSR count). The molecular weight excluding hydrogens is 406 g/mol. The zero-order chi connectivity index (χ0) is 23.3. The molecule has 1 aromatic rings. The third-order valence-electron chi connectivity index (χ3n) is 4.91. The van der Waals surface area contributed by atoms with Crippen LogP contribution >= 0.6 is 0 Å². The Hall–Kier alpha value is -1.78. The van der Waals surface area contributed by atoms with Gasteiger partial charge in [0.15, 0.2) is 0 Å². The van der Waals surface area contributed by atoms with Crippen molar-refractivity contribution in [2.75, 3.05) is 71.8 Å². The Morgan fingerprint density at radius 2 is 1.22 bits per heavy atom. The summed E-state index contributed by atoms with van der Waals surface area (Å²) in [5, 5.41) is 3.29. The number of rotatable bonds is 21. The molecule has 0 saturated carbocycles. The third-order valence-corrected chi connectivity index (χ3v) is 4.91. The summed E-state index contributed by atoms with van der Waals surface area (Å²) < 4.78 is 27.9. The van der Waals surface area contributed by atoms with Gasteiger partial charge in [-0.2, -0.15) is 0 Å². The number of hydrogen-bond acceptors (Lipinski definition) is 6. The van der Waals surface area contributed by atoms with Gasteiger partial charge in [0.2, 0.25) is 0 Å². The summed E-state index contributed by atoms with van der Waals surface area (Å²) in [6.45, 7) is 9.02. The third kappa shape index (κ3) is 12.9. The van der Waals surface area contributed by atoms with Crippen molar-refractivity contribution in [2.24, 2.45) is 0 Å². The highest BCUT2D eigenvalue weighted by atomic mass is 16.6. The van der Waals surface area contributed by atoms with Gasteiger partial charge in [-0.05, 0) is 48.9 Å². The van der Waals surface area contributed by atoms with Crippen LogP contribution in [0, 0.1) is 12.3 Å². The van der Waals surface area contributed by atoms with Crippen molar-refractivity contribution in [2.45, 2.75) is 52.4 Å². The van der Waals surface area contributed by atoms with Crippen LogP contribution in [0.5, 0.6) is 5.75 Å². The van der Waals surface area contributed by atoms with E-state index in [1.54, 1.807) is 0 Å². The van der Waals surface area contributed by atoms with Crippen LogP contribution in [0.15, 0.2) is 12.1 Å². The van der Waals surface area contributed by atoms with Gasteiger partial charge in [-0.1, -0.05) is 32.6 Å². The monoisotopic (exact) mass is 449 g/mol. The molecule has 0 fully saturated rings. The van der Waals surface area contributed by atoms with Crippen LogP contribution in [0.4, 0.5) is 5.69 Å². The van der Waals surface area contributed by atoms with Crippen molar-refractivity contribution in [3.05, 3.63) is 23.3 Å². The van der Waals surface area contributed by atoms with Gasteiger partial charge in [-0.15, -0.1) is 6.42 Å². The minimum absolute atomic E-state index is 0.322. The number of unbranched alkanes of at least 4 members (excludes halogenated alkanes) is 2. The lowest BCUT2D eigenvalue weighted by Crippen LogP contribution is -2.14. The first-order chi connectivity index (χ1) is 15.8. The average molecular weight is 450 g/mol. The van der Waals surface area contributed by atoms with E-state index in [4.69, 9.17) is 30.1 Å². The molecule has 0 amide bonds. The zero-order valence-electron chi connectivity index (χ0n) is 20.4. The topological polar surface area (TPSA) is 58.2 Å². The molecule has 1 aromatic carbocycles. The van der Waals surface area contributed by atoms with Crippen LogP contribution in [0.1, 0.15) is 50.7 Å². The molecule has 1 N–H and O–H groups in total. The number of anilines is 1. The summed E-state index contributed by atoms with van der Waals surface area (Å²) >= 11 is 0. The molecule has 0 radical (unpaired) electrons. The maximum atomic E-state index is 6.22. The fraction of sp³-hybridized carbons (Fsp3) is 0.692. The molecule has 0 spiro atoms. The highest BCUT2D eigenvalue weighted by Gasteiger charge is 2.12. The SMILES string of the molecule is C#CCOCCOCCOCCOCCOc1c(CCCC)cc(NC)cc1CCCC. The van der Waals surface area contributed by atoms with Crippen molar-refractivity contribution in [1.82, 2.24) is 0 Å². The first-order valence-corrected chi connectivity index (χ1v) is 12.0. The molecule has 0 aliphatic carbocycles. The standard InChI is InChI=1S/C26H43NO5/c1-5-8-10-23-21-25(27-4)22-24(11-9-6-2)26(23)32-20-19-31-18-17-30-16-15-29-14-13-28-12-7-3/h3,21-22,27H,5-6,8-20H2,1-2,4H3. The summed E-state index contributed by atoms with van der Waals surface area (Å²) in [5.74, 6) is 3.46. The molecule has 182 valence electrons. The Morgan fingerprint density at radius 1 is 0.750 bits per heavy atom. The quantitative estimate of drug-likeness (QED) is 0.220. The lowest BCUT2D eigenvalue weighted by molar-refractivity contribution is -0.00193. The molecule has 0 unspecified atom stereocenters. The average Bonchev–Trinajstić information content (AvgIpc) is 2.81. The van der Waals surface area contributed by atoms with Crippen LogP contribution in [-0.2, 0) is 31.8 Å². The fourth-order valence-electron chi connectivity index (χ4n) is 3.18. The van der Waals surface area contributed by atoms with Gasteiger partial charge in [-0.3, -0.25) is 0 Å². The van der Waals surface area contributed by atoms with Crippen molar-refractivity contribution in [3.63, 3.8) is 0 Å². The largest absolute Gasteiger partial charge is 0.491 e. The van der Waals surface area contributed by atoms with Crippen molar-refractivity contribution >= 4 is 5.69 Å². The number of benzene rings is 1. The normalized spacial score (nSPS) is 10.8. The summed E-state index contributed by atoms with van der Waals surface area (Å²) in [5.41, 5.74) is 3.74. The summed E-state index contributed by atoms with van der Waals surface area (Å²) in [6, 6.07) is 4.44. The minimum atomic E-state index is 0.322. The lowest BCUT2D eigenvalue weighted by Gasteiger charge is -2.18. The molecule has 0 bridgehead atoms. The van der Waals surface area contributed by atoms with E-state index in [-0.39, 0.29) is 0 Å². The molecule has 6 nitrogen and oxygen atoms in total. The smallest absolute Gasteiger partial charge is 0.125 e. The number of nitrogens with one attached hydrogen (secondary N) is 1. The Morgan fingerprint density at radius 3 is 1.66 bits per heavy atom. The van der Waals surface area contributed by atoms with Gasteiger partial charge in [0, 0.05) is 12.7 Å². The van der Waals surface area contributed by atoms with E-state index in [1.807, 2.05) is 7.05 Å². The molecule has 0 aliphatic heterocycles. The molecule has 32 heavy (non-hydrogen) atoms. The van der Waals surface area contributed by atoms with Crippen molar-refractivity contribution in [1.29, 1.82) is 0 Å². The van der Waals surface area contributed by atoms with E-state index >= 15 is 0 Å². The molecule has 0 aromatic heterocycles. The first-order valence-electron chi connectivity index (χ1n) is 12.0. The molecule has 6 heteroatoms. The second-order valence-corrected chi connectivity index (χ2v) is 7.52. The second kappa shape index (κ2) is 19.9. The molecule has 0 aliphatic rings. The molecule has 0 saturated heterocycles. The van der Waals surface area contributed by atoms with E-state index in [0.29, 0.717) is 59.5 Å². The van der Waals surface area contributed by atoms with Crippen molar-refractivity contribution < 1.29 is 23.7 Å². The van der Waals surface area contributed by atoms with Gasteiger partial charge < -0.3 is 29.0 Å². The van der Waals surface area contributed by atoms with Gasteiger partial charge in [-0.25, -0.2) is 0 Å². The van der Waals surface area contributed by atoms with Gasteiger partial charge in [0.05, 0.1) is 46.2 Å². The maximum absolute atomic E-state index is 6.22. The molecule has 0 atom stereocenters. The van der Waals surface area contributed by atoms with E-state index in [1.165, 1.54) is 24.0 Å². The summed E-state index contributed by atoms with van der Waals surface area (Å²) in [4.78, 5) is 0.